The van der Waals surface area contributed by atoms with E-state index in [4.69, 9.17) is 4.42 Å². The zero-order chi connectivity index (χ0) is 21.5. The number of para-hydroxylation sites is 2. The van der Waals surface area contributed by atoms with Crippen LogP contribution in [-0.2, 0) is 6.42 Å². The molecule has 5 nitrogen and oxygen atoms in total. The Morgan fingerprint density at radius 2 is 1.71 bits per heavy atom. The standard InChI is InChI=1S/C25H17NO4S/c1-14-10-11-17(16-7-3-2-6-15(14)16)18-13-31-22(23(18)25(28)29)12-20(27)24-26-19-8-4-5-9-21(19)30-24/h2-11,13H,12H2,1H3,(H,28,29). The summed E-state index contributed by atoms with van der Waals surface area (Å²) in [7, 11) is 0. The molecule has 0 saturated heterocycles. The predicted octanol–water partition coefficient (Wildman–Crippen LogP) is 6.14. The highest BCUT2D eigenvalue weighted by atomic mass is 32.1. The molecule has 0 amide bonds. The van der Waals surface area contributed by atoms with E-state index in [-0.39, 0.29) is 23.7 Å². The second-order valence-electron chi connectivity index (χ2n) is 7.32. The lowest BCUT2D eigenvalue weighted by atomic mass is 9.94. The van der Waals surface area contributed by atoms with Gasteiger partial charge in [-0.25, -0.2) is 9.78 Å². The summed E-state index contributed by atoms with van der Waals surface area (Å²) in [5.74, 6) is -1.41. The molecule has 0 spiro atoms. The zero-order valence-corrected chi connectivity index (χ0v) is 17.4. The van der Waals surface area contributed by atoms with Gasteiger partial charge in [0.15, 0.2) is 5.58 Å². The van der Waals surface area contributed by atoms with E-state index in [1.165, 1.54) is 11.3 Å². The van der Waals surface area contributed by atoms with Crippen molar-refractivity contribution in [1.29, 1.82) is 0 Å². The number of carboxylic acids is 1. The molecule has 0 atom stereocenters. The fraction of sp³-hybridized carbons (Fsp3) is 0.0800. The molecule has 5 rings (SSSR count). The van der Waals surface area contributed by atoms with E-state index in [0.29, 0.717) is 21.5 Å². The SMILES string of the molecule is Cc1ccc(-c2csc(CC(=O)c3nc4ccccc4o3)c2C(=O)O)c2ccccc12. The minimum atomic E-state index is -1.05. The maximum absolute atomic E-state index is 12.8. The number of nitrogens with zero attached hydrogens (tertiary/aromatic N) is 1. The van der Waals surface area contributed by atoms with Gasteiger partial charge in [0.05, 0.1) is 12.0 Å². The third-order valence-corrected chi connectivity index (χ3v) is 6.35. The van der Waals surface area contributed by atoms with Crippen molar-refractivity contribution in [2.24, 2.45) is 0 Å². The van der Waals surface area contributed by atoms with Gasteiger partial charge >= 0.3 is 5.97 Å². The third kappa shape index (κ3) is 3.31. The number of hydrogen-bond donors (Lipinski definition) is 1. The normalized spacial score (nSPS) is 11.3. The summed E-state index contributed by atoms with van der Waals surface area (Å²) in [6, 6.07) is 19.0. The molecule has 152 valence electrons. The lowest BCUT2D eigenvalue weighted by Crippen LogP contribution is -2.07. The molecule has 0 saturated carbocycles. The highest BCUT2D eigenvalue weighted by molar-refractivity contribution is 7.11. The van der Waals surface area contributed by atoms with Crippen molar-refractivity contribution in [2.45, 2.75) is 13.3 Å². The van der Waals surface area contributed by atoms with Gasteiger partial charge in [-0.05, 0) is 46.3 Å². The van der Waals surface area contributed by atoms with Gasteiger partial charge in [-0.2, -0.15) is 0 Å². The minimum Gasteiger partial charge on any atom is -0.478 e. The first-order valence-electron chi connectivity index (χ1n) is 9.74. The minimum absolute atomic E-state index is 0.00623. The highest BCUT2D eigenvalue weighted by Crippen LogP contribution is 2.37. The van der Waals surface area contributed by atoms with Crippen molar-refractivity contribution in [1.82, 2.24) is 4.98 Å². The Morgan fingerprint density at radius 1 is 0.968 bits per heavy atom. The first-order chi connectivity index (χ1) is 15.0. The molecule has 3 aromatic carbocycles. The first kappa shape index (κ1) is 19.2. The number of fused-ring (bicyclic) bond motifs is 2. The van der Waals surface area contributed by atoms with Crippen LogP contribution in [0.5, 0.6) is 0 Å². The van der Waals surface area contributed by atoms with Crippen molar-refractivity contribution < 1.29 is 19.1 Å². The number of carbonyl (C=O) groups excluding carboxylic acids is 1. The average Bonchev–Trinajstić information content (AvgIpc) is 3.38. The van der Waals surface area contributed by atoms with Crippen LogP contribution in [0.25, 0.3) is 33.0 Å². The molecule has 1 N–H and O–H groups in total. The number of carbonyl (C=O) groups is 2. The Kier molecular flexibility index (Phi) is 4.64. The van der Waals surface area contributed by atoms with Gasteiger partial charge in [0.25, 0.3) is 5.89 Å². The second kappa shape index (κ2) is 7.49. The van der Waals surface area contributed by atoms with Gasteiger partial charge < -0.3 is 9.52 Å². The van der Waals surface area contributed by atoms with Gasteiger partial charge in [0.2, 0.25) is 5.78 Å². The summed E-state index contributed by atoms with van der Waals surface area (Å²) in [6.45, 7) is 2.03. The van der Waals surface area contributed by atoms with Crippen LogP contribution in [0.2, 0.25) is 0 Å². The Balaban J connectivity index is 1.57. The van der Waals surface area contributed by atoms with E-state index in [0.717, 1.165) is 21.9 Å². The number of rotatable bonds is 5. The van der Waals surface area contributed by atoms with Crippen molar-refractivity contribution in [3.8, 4) is 11.1 Å². The molecule has 2 aromatic heterocycles. The summed E-state index contributed by atoms with van der Waals surface area (Å²) in [6.07, 6.45) is -0.0804. The molecule has 0 aliphatic heterocycles. The molecule has 0 aliphatic rings. The zero-order valence-electron chi connectivity index (χ0n) is 16.6. The van der Waals surface area contributed by atoms with Crippen LogP contribution in [0, 0.1) is 6.92 Å². The van der Waals surface area contributed by atoms with Gasteiger partial charge in [0.1, 0.15) is 5.52 Å². The van der Waals surface area contributed by atoms with Gasteiger partial charge in [-0.3, -0.25) is 4.79 Å². The van der Waals surface area contributed by atoms with E-state index in [1.807, 2.05) is 60.8 Å². The monoisotopic (exact) mass is 427 g/mol. The summed E-state index contributed by atoms with van der Waals surface area (Å²) in [5, 5.41) is 13.9. The van der Waals surface area contributed by atoms with Gasteiger partial charge in [-0.1, -0.05) is 48.5 Å². The van der Waals surface area contributed by atoms with Crippen molar-refractivity contribution in [3.05, 3.63) is 87.9 Å². The van der Waals surface area contributed by atoms with Crippen molar-refractivity contribution in [2.75, 3.05) is 0 Å². The van der Waals surface area contributed by atoms with Crippen molar-refractivity contribution in [3.63, 3.8) is 0 Å². The number of oxazole rings is 1. The number of hydrogen-bond acceptors (Lipinski definition) is 5. The maximum atomic E-state index is 12.8. The fourth-order valence-electron chi connectivity index (χ4n) is 3.86. The Bertz CT molecular complexity index is 1440. The molecule has 5 aromatic rings. The lowest BCUT2D eigenvalue weighted by Gasteiger charge is -2.09. The van der Waals surface area contributed by atoms with E-state index >= 15 is 0 Å². The number of benzene rings is 3. The number of aromatic carboxylic acids is 1. The number of ketones is 1. The van der Waals surface area contributed by atoms with E-state index in [1.54, 1.807) is 12.1 Å². The van der Waals surface area contributed by atoms with E-state index < -0.39 is 5.97 Å². The van der Waals surface area contributed by atoms with E-state index in [2.05, 4.69) is 4.98 Å². The van der Waals surface area contributed by atoms with E-state index in [9.17, 15) is 14.7 Å². The van der Waals surface area contributed by atoms with Gasteiger partial charge in [-0.15, -0.1) is 11.3 Å². The third-order valence-electron chi connectivity index (χ3n) is 5.37. The molecule has 0 radical (unpaired) electrons. The fourth-order valence-corrected chi connectivity index (χ4v) is 4.89. The Morgan fingerprint density at radius 3 is 2.48 bits per heavy atom. The molecule has 31 heavy (non-hydrogen) atoms. The molecule has 6 heteroatoms. The summed E-state index contributed by atoms with van der Waals surface area (Å²) >= 11 is 1.27. The largest absolute Gasteiger partial charge is 0.478 e. The molecule has 2 heterocycles. The molecule has 0 bridgehead atoms. The highest BCUT2D eigenvalue weighted by Gasteiger charge is 2.24. The van der Waals surface area contributed by atoms with Crippen LogP contribution in [0.3, 0.4) is 0 Å². The Hall–Kier alpha value is -3.77. The van der Waals surface area contributed by atoms with Gasteiger partial charge in [0, 0.05) is 10.4 Å². The maximum Gasteiger partial charge on any atom is 0.337 e. The van der Waals surface area contributed by atoms with Crippen LogP contribution < -0.4 is 0 Å². The summed E-state index contributed by atoms with van der Waals surface area (Å²) in [4.78, 5) is 29.7. The van der Waals surface area contributed by atoms with Crippen molar-refractivity contribution >= 4 is 45.0 Å². The number of aryl methyl sites for hydroxylation is 1. The topological polar surface area (TPSA) is 80.4 Å². The first-order valence-corrected chi connectivity index (χ1v) is 10.6. The quantitative estimate of drug-likeness (QED) is 0.341. The van der Waals surface area contributed by atoms with Crippen LogP contribution in [-0.4, -0.2) is 21.8 Å². The number of Topliss-reactive ketones (excluding diaryl/α,β-unsaturated/α-hetero) is 1. The number of thiophene rings is 1. The van der Waals surface area contributed by atoms with Crippen LogP contribution >= 0.6 is 11.3 Å². The molecule has 0 unspecified atom stereocenters. The Labute approximate surface area is 181 Å². The molecular formula is C25H17NO4S. The molecule has 0 fully saturated rings. The van der Waals surface area contributed by atoms with Crippen LogP contribution in [0.4, 0.5) is 0 Å². The predicted molar refractivity (Wildman–Crippen MR) is 121 cm³/mol. The van der Waals surface area contributed by atoms with Crippen LogP contribution in [0.15, 0.2) is 70.5 Å². The number of aromatic nitrogens is 1. The number of carboxylic acid groups (broad SMARTS) is 1. The summed E-state index contributed by atoms with van der Waals surface area (Å²) < 4.78 is 5.56. The van der Waals surface area contributed by atoms with Crippen LogP contribution in [0.1, 0.15) is 31.5 Å². The smallest absolute Gasteiger partial charge is 0.337 e. The summed E-state index contributed by atoms with van der Waals surface area (Å²) in [5.41, 5.74) is 3.87. The lowest BCUT2D eigenvalue weighted by molar-refractivity contribution is 0.0697. The average molecular weight is 427 g/mol. The second-order valence-corrected chi connectivity index (χ2v) is 8.28. The molecule has 0 aliphatic carbocycles. The molecular weight excluding hydrogens is 410 g/mol.